The van der Waals surface area contributed by atoms with Gasteiger partial charge in [-0.1, -0.05) is 18.2 Å². The maximum atomic E-state index is 13.0. The lowest BCUT2D eigenvalue weighted by atomic mass is 9.97. The van der Waals surface area contributed by atoms with E-state index in [1.165, 1.54) is 10.9 Å². The zero-order chi connectivity index (χ0) is 22.6. The topological polar surface area (TPSA) is 74.6 Å². The molecule has 33 heavy (non-hydrogen) atoms. The van der Waals surface area contributed by atoms with E-state index in [0.717, 1.165) is 64.5 Å². The third kappa shape index (κ3) is 4.90. The normalized spacial score (nSPS) is 19.7. The minimum atomic E-state index is -0.159. The first kappa shape index (κ1) is 21.6. The summed E-state index contributed by atoms with van der Waals surface area (Å²) in [5, 5.41) is 0.550. The van der Waals surface area contributed by atoms with Crippen molar-refractivity contribution in [2.75, 3.05) is 50.7 Å². The monoisotopic (exact) mass is 446 g/mol. The van der Waals surface area contributed by atoms with Gasteiger partial charge >= 0.3 is 0 Å². The Kier molecular flexibility index (Phi) is 6.35. The summed E-state index contributed by atoms with van der Waals surface area (Å²) in [6, 6.07) is 13.3. The predicted molar refractivity (Wildman–Crippen MR) is 128 cm³/mol. The fourth-order valence-electron chi connectivity index (χ4n) is 4.97. The van der Waals surface area contributed by atoms with Crippen LogP contribution in [0.2, 0.25) is 0 Å². The van der Waals surface area contributed by atoms with Crippen LogP contribution in [0.25, 0.3) is 10.9 Å². The number of hydrogen-bond acceptors (Lipinski definition) is 6. The van der Waals surface area contributed by atoms with E-state index in [4.69, 9.17) is 0 Å². The Morgan fingerprint density at radius 2 is 1.79 bits per heavy atom. The van der Waals surface area contributed by atoms with Gasteiger partial charge in [-0.05, 0) is 43.0 Å². The van der Waals surface area contributed by atoms with Crippen molar-refractivity contribution in [3.8, 4) is 0 Å². The first-order valence-electron chi connectivity index (χ1n) is 11.8. The molecule has 1 amide bonds. The molecule has 5 rings (SSSR count). The van der Waals surface area contributed by atoms with Crippen LogP contribution >= 0.6 is 0 Å². The number of piperazine rings is 1. The summed E-state index contributed by atoms with van der Waals surface area (Å²) in [7, 11) is 0. The molecule has 4 heterocycles. The van der Waals surface area contributed by atoms with Crippen molar-refractivity contribution in [3.63, 3.8) is 0 Å². The van der Waals surface area contributed by atoms with Gasteiger partial charge in [0.2, 0.25) is 5.91 Å². The zero-order valence-electron chi connectivity index (χ0n) is 18.8. The summed E-state index contributed by atoms with van der Waals surface area (Å²) < 4.78 is 1.44. The Labute approximate surface area is 193 Å². The highest BCUT2D eigenvalue weighted by Crippen LogP contribution is 2.20. The fourth-order valence-corrected chi connectivity index (χ4v) is 4.97. The maximum Gasteiger partial charge on any atom is 0.261 e. The molecule has 0 aliphatic carbocycles. The van der Waals surface area contributed by atoms with E-state index in [-0.39, 0.29) is 18.0 Å². The Hall–Kier alpha value is -3.26. The average Bonchev–Trinajstić information content (AvgIpc) is 2.87. The molecule has 2 aliphatic heterocycles. The van der Waals surface area contributed by atoms with Crippen molar-refractivity contribution < 1.29 is 4.79 Å². The molecule has 1 atom stereocenters. The maximum absolute atomic E-state index is 13.0. The number of nitrogens with zero attached hydrogens (tertiary/aromatic N) is 6. The predicted octanol–water partition coefficient (Wildman–Crippen LogP) is 1.85. The zero-order valence-corrected chi connectivity index (χ0v) is 18.8. The molecule has 0 spiro atoms. The van der Waals surface area contributed by atoms with E-state index in [1.807, 2.05) is 41.4 Å². The second kappa shape index (κ2) is 9.70. The Balaban J connectivity index is 1.15. The van der Waals surface area contributed by atoms with Crippen LogP contribution in [0.4, 0.5) is 5.82 Å². The molecule has 1 aromatic carbocycles. The number of para-hydroxylation sites is 1. The lowest BCUT2D eigenvalue weighted by Crippen LogP contribution is -2.50. The molecule has 2 fully saturated rings. The summed E-state index contributed by atoms with van der Waals surface area (Å²) in [6.45, 7) is 6.56. The van der Waals surface area contributed by atoms with E-state index in [2.05, 4.69) is 25.8 Å². The number of piperidine rings is 1. The van der Waals surface area contributed by atoms with Gasteiger partial charge in [-0.2, -0.15) is 0 Å². The third-order valence-electron chi connectivity index (χ3n) is 6.77. The van der Waals surface area contributed by atoms with Crippen molar-refractivity contribution in [1.82, 2.24) is 24.3 Å². The highest BCUT2D eigenvalue weighted by molar-refractivity contribution is 5.79. The van der Waals surface area contributed by atoms with Crippen LogP contribution in [0.5, 0.6) is 0 Å². The molecule has 0 bridgehead atoms. The Bertz CT molecular complexity index is 1160. The van der Waals surface area contributed by atoms with E-state index >= 15 is 0 Å². The molecule has 2 saturated heterocycles. The molecule has 3 aromatic rings. The molecule has 1 unspecified atom stereocenters. The number of benzene rings is 1. The SMILES string of the molecule is O=C(Cn1cnc2ccccc2c1=O)N1CCCC(CN2CCN(c3ccccn3)CC2)C1. The number of rotatable bonds is 5. The van der Waals surface area contributed by atoms with E-state index < -0.39 is 0 Å². The van der Waals surface area contributed by atoms with Crippen molar-refractivity contribution in [3.05, 3.63) is 65.3 Å². The van der Waals surface area contributed by atoms with Gasteiger partial charge in [-0.15, -0.1) is 0 Å². The Morgan fingerprint density at radius 3 is 2.61 bits per heavy atom. The lowest BCUT2D eigenvalue weighted by Gasteiger charge is -2.39. The van der Waals surface area contributed by atoms with Crippen molar-refractivity contribution >= 4 is 22.6 Å². The van der Waals surface area contributed by atoms with Gasteiger partial charge in [0.05, 0.1) is 17.2 Å². The minimum absolute atomic E-state index is 0.00106. The van der Waals surface area contributed by atoms with Crippen LogP contribution in [0.3, 0.4) is 0 Å². The average molecular weight is 447 g/mol. The molecule has 0 radical (unpaired) electrons. The van der Waals surface area contributed by atoms with Crippen molar-refractivity contribution in [2.24, 2.45) is 5.92 Å². The molecule has 8 nitrogen and oxygen atoms in total. The number of amides is 1. The largest absolute Gasteiger partial charge is 0.354 e. The number of pyridine rings is 1. The highest BCUT2D eigenvalue weighted by atomic mass is 16.2. The van der Waals surface area contributed by atoms with E-state index in [1.54, 1.807) is 6.07 Å². The smallest absolute Gasteiger partial charge is 0.261 e. The molecular weight excluding hydrogens is 416 g/mol. The van der Waals surface area contributed by atoms with Gasteiger partial charge in [0.25, 0.3) is 5.56 Å². The molecule has 2 aliphatic rings. The first-order valence-corrected chi connectivity index (χ1v) is 11.8. The molecule has 8 heteroatoms. The van der Waals surface area contributed by atoms with Gasteiger partial charge in [-0.3, -0.25) is 19.1 Å². The fraction of sp³-hybridized carbons (Fsp3) is 0.440. The van der Waals surface area contributed by atoms with Crippen LogP contribution in [-0.4, -0.2) is 76.1 Å². The third-order valence-corrected chi connectivity index (χ3v) is 6.77. The summed E-state index contributed by atoms with van der Waals surface area (Å²) >= 11 is 0. The van der Waals surface area contributed by atoms with Gasteiger partial charge in [-0.25, -0.2) is 9.97 Å². The van der Waals surface area contributed by atoms with Gasteiger partial charge < -0.3 is 9.80 Å². The van der Waals surface area contributed by atoms with Gasteiger partial charge in [0, 0.05) is 52.0 Å². The van der Waals surface area contributed by atoms with Crippen LogP contribution in [0.1, 0.15) is 12.8 Å². The molecule has 0 saturated carbocycles. The highest BCUT2D eigenvalue weighted by Gasteiger charge is 2.27. The molecule has 172 valence electrons. The number of carbonyl (C=O) groups excluding carboxylic acids is 1. The van der Waals surface area contributed by atoms with Crippen molar-refractivity contribution in [2.45, 2.75) is 19.4 Å². The van der Waals surface area contributed by atoms with Crippen LogP contribution in [0.15, 0.2) is 59.8 Å². The number of hydrogen-bond donors (Lipinski definition) is 0. The second-order valence-corrected chi connectivity index (χ2v) is 9.02. The van der Waals surface area contributed by atoms with Crippen LogP contribution in [0, 0.1) is 5.92 Å². The second-order valence-electron chi connectivity index (χ2n) is 9.02. The van der Waals surface area contributed by atoms with Crippen LogP contribution < -0.4 is 10.5 Å². The van der Waals surface area contributed by atoms with E-state index in [9.17, 15) is 9.59 Å². The first-order chi connectivity index (χ1) is 16.2. The summed E-state index contributed by atoms with van der Waals surface area (Å²) in [6.07, 6.45) is 5.49. The van der Waals surface area contributed by atoms with E-state index in [0.29, 0.717) is 16.8 Å². The standard InChI is InChI=1S/C25H30N6O2/c32-24(18-31-19-27-22-8-2-1-7-21(22)25(31)33)30-11-5-6-20(17-30)16-28-12-14-29(15-13-28)23-9-3-4-10-26-23/h1-4,7-10,19-20H,5-6,11-18H2. The molecular formula is C25H30N6O2. The lowest BCUT2D eigenvalue weighted by molar-refractivity contribution is -0.133. The number of likely N-dealkylation sites (tertiary alicyclic amines) is 1. The number of anilines is 1. The molecule has 2 aromatic heterocycles. The van der Waals surface area contributed by atoms with Crippen LogP contribution in [-0.2, 0) is 11.3 Å². The van der Waals surface area contributed by atoms with Gasteiger partial charge in [0.1, 0.15) is 12.4 Å². The minimum Gasteiger partial charge on any atom is -0.354 e. The summed E-state index contributed by atoms with van der Waals surface area (Å²) in [5.74, 6) is 1.51. The van der Waals surface area contributed by atoms with Gasteiger partial charge in [0.15, 0.2) is 0 Å². The summed E-state index contributed by atoms with van der Waals surface area (Å²) in [4.78, 5) is 41.3. The summed E-state index contributed by atoms with van der Waals surface area (Å²) in [5.41, 5.74) is 0.501. The number of aromatic nitrogens is 3. The molecule has 0 N–H and O–H groups in total. The number of fused-ring (bicyclic) bond motifs is 1. The Morgan fingerprint density at radius 1 is 0.970 bits per heavy atom. The van der Waals surface area contributed by atoms with Crippen molar-refractivity contribution in [1.29, 1.82) is 0 Å². The quantitative estimate of drug-likeness (QED) is 0.596. The number of carbonyl (C=O) groups is 1.